The zero-order chi connectivity index (χ0) is 17.8. The quantitative estimate of drug-likeness (QED) is 0.635. The van der Waals surface area contributed by atoms with Crippen LogP contribution >= 0.6 is 0 Å². The first kappa shape index (κ1) is 17.2. The monoisotopic (exact) mass is 332 g/mol. The predicted octanol–water partition coefficient (Wildman–Crippen LogP) is 4.79. The second-order valence-corrected chi connectivity index (χ2v) is 6.78. The van der Waals surface area contributed by atoms with Gasteiger partial charge < -0.3 is 0 Å². The fourth-order valence-corrected chi connectivity index (χ4v) is 3.21. The minimum Gasteiger partial charge on any atom is -0.273 e. The number of allylic oxidation sites excluding steroid dienone is 3. The van der Waals surface area contributed by atoms with Crippen molar-refractivity contribution in [3.05, 3.63) is 71.8 Å². The maximum atomic E-state index is 12.4. The molecule has 128 valence electrons. The number of hydrogen-bond donors (Lipinski definition) is 1. The lowest BCUT2D eigenvalue weighted by molar-refractivity contribution is -0.120. The molecular formula is C22H24N2O. The van der Waals surface area contributed by atoms with Gasteiger partial charge in [-0.15, -0.1) is 0 Å². The van der Waals surface area contributed by atoms with Crippen LogP contribution < -0.4 is 5.43 Å². The molecule has 1 aliphatic carbocycles. The largest absolute Gasteiger partial charge is 0.273 e. The van der Waals surface area contributed by atoms with Crippen LogP contribution in [0.3, 0.4) is 0 Å². The van der Waals surface area contributed by atoms with Crippen LogP contribution in [0.2, 0.25) is 0 Å². The highest BCUT2D eigenvalue weighted by Crippen LogP contribution is 2.26. The Kier molecular flexibility index (Phi) is 5.13. The van der Waals surface area contributed by atoms with Crippen LogP contribution in [0.15, 0.2) is 71.4 Å². The number of hydrazone groups is 1. The van der Waals surface area contributed by atoms with Crippen molar-refractivity contribution in [1.82, 2.24) is 5.43 Å². The molecule has 0 spiro atoms. The molecule has 3 heteroatoms. The van der Waals surface area contributed by atoms with Crippen LogP contribution in [0.4, 0.5) is 0 Å². The van der Waals surface area contributed by atoms with Gasteiger partial charge in [0.05, 0.1) is 12.1 Å². The van der Waals surface area contributed by atoms with Gasteiger partial charge >= 0.3 is 0 Å². The zero-order valence-corrected chi connectivity index (χ0v) is 14.9. The number of benzene rings is 2. The number of carbonyl (C=O) groups is 1. The van der Waals surface area contributed by atoms with Gasteiger partial charge in [-0.3, -0.25) is 4.79 Å². The van der Waals surface area contributed by atoms with Gasteiger partial charge in [0.1, 0.15) is 0 Å². The second-order valence-electron chi connectivity index (χ2n) is 6.78. The van der Waals surface area contributed by atoms with E-state index < -0.39 is 0 Å². The van der Waals surface area contributed by atoms with E-state index in [1.807, 2.05) is 31.2 Å². The van der Waals surface area contributed by atoms with Crippen LogP contribution in [0, 0.1) is 5.92 Å². The van der Waals surface area contributed by atoms with Crippen LogP contribution in [0.5, 0.6) is 0 Å². The molecule has 0 heterocycles. The van der Waals surface area contributed by atoms with Gasteiger partial charge in [-0.1, -0.05) is 60.7 Å². The lowest BCUT2D eigenvalue weighted by Crippen LogP contribution is -2.24. The second kappa shape index (κ2) is 7.47. The fraction of sp³-hybridized carbons (Fsp3) is 0.273. The number of rotatable bonds is 4. The van der Waals surface area contributed by atoms with Crippen LogP contribution in [-0.4, -0.2) is 11.6 Å². The van der Waals surface area contributed by atoms with Crippen molar-refractivity contribution >= 4 is 22.4 Å². The Morgan fingerprint density at radius 1 is 1.24 bits per heavy atom. The molecular weight excluding hydrogens is 308 g/mol. The minimum absolute atomic E-state index is 0.0888. The third-order valence-electron chi connectivity index (χ3n) is 4.85. The third-order valence-corrected chi connectivity index (χ3v) is 4.85. The number of nitrogens with one attached hydrogen (secondary N) is 1. The lowest BCUT2D eigenvalue weighted by atomic mass is 9.85. The average molecular weight is 332 g/mol. The number of carbonyl (C=O) groups excluding carboxylic acids is 1. The van der Waals surface area contributed by atoms with Gasteiger partial charge in [-0.05, 0) is 54.5 Å². The first-order valence-electron chi connectivity index (χ1n) is 8.69. The third kappa shape index (κ3) is 4.05. The smallest absolute Gasteiger partial charge is 0.244 e. The van der Waals surface area contributed by atoms with E-state index in [2.05, 4.69) is 48.3 Å². The normalized spacial score (nSPS) is 18.9. The van der Waals surface area contributed by atoms with Gasteiger partial charge in [0.15, 0.2) is 0 Å². The highest BCUT2D eigenvalue weighted by Gasteiger charge is 2.18. The molecule has 1 aliphatic rings. The molecule has 1 unspecified atom stereocenters. The molecule has 1 atom stereocenters. The van der Waals surface area contributed by atoms with Crippen molar-refractivity contribution in [3.63, 3.8) is 0 Å². The molecule has 2 aromatic rings. The number of nitrogens with zero attached hydrogens (tertiary/aromatic N) is 1. The van der Waals surface area contributed by atoms with Crippen molar-refractivity contribution in [3.8, 4) is 0 Å². The highest BCUT2D eigenvalue weighted by atomic mass is 16.2. The van der Waals surface area contributed by atoms with E-state index in [0.717, 1.165) is 40.5 Å². The van der Waals surface area contributed by atoms with Gasteiger partial charge in [0.25, 0.3) is 0 Å². The molecule has 3 rings (SSSR count). The van der Waals surface area contributed by atoms with E-state index >= 15 is 0 Å². The Morgan fingerprint density at radius 3 is 2.80 bits per heavy atom. The lowest BCUT2D eigenvalue weighted by Gasteiger charge is -2.22. The van der Waals surface area contributed by atoms with Gasteiger partial charge in [0, 0.05) is 0 Å². The number of hydrogen-bond acceptors (Lipinski definition) is 2. The molecule has 1 amide bonds. The van der Waals surface area contributed by atoms with Gasteiger partial charge in [-0.2, -0.15) is 5.10 Å². The Bertz CT molecular complexity index is 871. The fourth-order valence-electron chi connectivity index (χ4n) is 3.21. The summed E-state index contributed by atoms with van der Waals surface area (Å²) in [5, 5.41) is 6.64. The molecule has 0 radical (unpaired) electrons. The van der Waals surface area contributed by atoms with Crippen molar-refractivity contribution in [1.29, 1.82) is 0 Å². The summed E-state index contributed by atoms with van der Waals surface area (Å²) in [5.41, 5.74) is 7.01. The summed E-state index contributed by atoms with van der Waals surface area (Å²) in [6, 6.07) is 14.2. The molecule has 0 aliphatic heterocycles. The van der Waals surface area contributed by atoms with Crippen molar-refractivity contribution in [2.24, 2.45) is 11.0 Å². The minimum atomic E-state index is -0.0888. The summed E-state index contributed by atoms with van der Waals surface area (Å²) in [4.78, 5) is 12.4. The maximum absolute atomic E-state index is 12.4. The van der Waals surface area contributed by atoms with Gasteiger partial charge in [0.2, 0.25) is 5.91 Å². The summed E-state index contributed by atoms with van der Waals surface area (Å²) in [7, 11) is 0. The molecule has 25 heavy (non-hydrogen) atoms. The van der Waals surface area contributed by atoms with Gasteiger partial charge in [-0.25, -0.2) is 5.43 Å². The molecule has 0 bridgehead atoms. The summed E-state index contributed by atoms with van der Waals surface area (Å²) in [6.45, 7) is 8.14. The predicted molar refractivity (Wildman–Crippen MR) is 105 cm³/mol. The topological polar surface area (TPSA) is 41.5 Å². The number of fused-ring (bicyclic) bond motifs is 1. The standard InChI is InChI=1S/C22H24N2O/c1-15(2)18-12-11-16(3)21(13-18)23-24-22(25)14-19-9-6-8-17-7-4-5-10-20(17)19/h4-11,18H,1,12-14H2,2-3H3,(H,24,25)/b23-21+. The van der Waals surface area contributed by atoms with E-state index in [9.17, 15) is 4.79 Å². The van der Waals surface area contributed by atoms with Crippen LogP contribution in [0.1, 0.15) is 32.3 Å². The Labute approximate surface area is 149 Å². The highest BCUT2D eigenvalue weighted by molar-refractivity contribution is 6.01. The summed E-state index contributed by atoms with van der Waals surface area (Å²) in [6.07, 6.45) is 4.35. The molecule has 0 fully saturated rings. The molecule has 0 aromatic heterocycles. The number of amides is 1. The van der Waals surface area contributed by atoms with Crippen molar-refractivity contribution < 1.29 is 4.79 Å². The molecule has 3 nitrogen and oxygen atoms in total. The SMILES string of the molecule is C=C(C)C1CC=C(C)/C(=N/NC(=O)Cc2cccc3ccccc23)C1. The first-order chi connectivity index (χ1) is 12.0. The summed E-state index contributed by atoms with van der Waals surface area (Å²) in [5.74, 6) is 0.325. The van der Waals surface area contributed by atoms with E-state index in [-0.39, 0.29) is 5.91 Å². The Hall–Kier alpha value is -2.68. The molecule has 0 saturated carbocycles. The summed E-state index contributed by atoms with van der Waals surface area (Å²) >= 11 is 0. The van der Waals surface area contributed by atoms with Crippen LogP contribution in [0.25, 0.3) is 10.8 Å². The Balaban J connectivity index is 1.71. The van der Waals surface area contributed by atoms with E-state index in [1.165, 1.54) is 5.57 Å². The average Bonchev–Trinajstić information content (AvgIpc) is 2.61. The Morgan fingerprint density at radius 2 is 2.00 bits per heavy atom. The zero-order valence-electron chi connectivity index (χ0n) is 14.9. The van der Waals surface area contributed by atoms with E-state index in [0.29, 0.717) is 12.3 Å². The molecule has 1 N–H and O–H groups in total. The molecule has 2 aromatic carbocycles. The maximum Gasteiger partial charge on any atom is 0.244 e. The van der Waals surface area contributed by atoms with Crippen molar-refractivity contribution in [2.45, 2.75) is 33.1 Å². The first-order valence-corrected chi connectivity index (χ1v) is 8.69. The van der Waals surface area contributed by atoms with E-state index in [1.54, 1.807) is 0 Å². The van der Waals surface area contributed by atoms with Crippen molar-refractivity contribution in [2.75, 3.05) is 0 Å². The van der Waals surface area contributed by atoms with Crippen LogP contribution in [-0.2, 0) is 11.2 Å². The summed E-state index contributed by atoms with van der Waals surface area (Å²) < 4.78 is 0. The van der Waals surface area contributed by atoms with E-state index in [4.69, 9.17) is 0 Å². The molecule has 0 saturated heterocycles.